The molecule has 0 aromatic heterocycles. The molecule has 0 aliphatic rings. The predicted molar refractivity (Wildman–Crippen MR) is 69.4 cm³/mol. The number of nitrogens with one attached hydrogen (secondary N) is 1. The number of hydrogen-bond acceptors (Lipinski definition) is 3. The largest absolute Gasteiger partial charge is 0.394 e. The van der Waals surface area contributed by atoms with Crippen LogP contribution in [-0.4, -0.2) is 37.4 Å². The molecule has 0 heterocycles. The van der Waals surface area contributed by atoms with E-state index in [-0.39, 0.29) is 19.1 Å². The molecular formula is C11H13BrClNO3. The summed E-state index contributed by atoms with van der Waals surface area (Å²) in [6.07, 6.45) is 0. The Morgan fingerprint density at radius 3 is 2.88 bits per heavy atom. The van der Waals surface area contributed by atoms with Crippen molar-refractivity contribution in [1.29, 1.82) is 0 Å². The molecule has 1 rings (SSSR count). The van der Waals surface area contributed by atoms with Crippen LogP contribution in [0.25, 0.3) is 0 Å². The summed E-state index contributed by atoms with van der Waals surface area (Å²) in [7, 11) is 1.51. The number of carbonyl (C=O) groups excluding carboxylic acids is 1. The highest BCUT2D eigenvalue weighted by Gasteiger charge is 2.13. The van der Waals surface area contributed by atoms with Crippen molar-refractivity contribution in [2.24, 2.45) is 0 Å². The van der Waals surface area contributed by atoms with Gasteiger partial charge < -0.3 is 15.2 Å². The van der Waals surface area contributed by atoms with Gasteiger partial charge in [0.25, 0.3) is 5.91 Å². The Labute approximate surface area is 113 Å². The van der Waals surface area contributed by atoms with Crippen molar-refractivity contribution in [3.05, 3.63) is 33.3 Å². The molecule has 1 unspecified atom stereocenters. The van der Waals surface area contributed by atoms with Gasteiger partial charge in [-0.2, -0.15) is 0 Å². The normalized spacial score (nSPS) is 12.2. The molecule has 0 bridgehead atoms. The van der Waals surface area contributed by atoms with Crippen LogP contribution in [0.3, 0.4) is 0 Å². The zero-order chi connectivity index (χ0) is 12.8. The number of rotatable bonds is 5. The molecule has 0 spiro atoms. The first-order chi connectivity index (χ1) is 8.08. The SMILES string of the molecule is COCC(CO)NC(=O)c1ccc(Cl)c(Br)c1. The second kappa shape index (κ2) is 6.96. The number of hydrogen-bond donors (Lipinski definition) is 2. The van der Waals surface area contributed by atoms with Crippen LogP contribution in [0.2, 0.25) is 5.02 Å². The highest BCUT2D eigenvalue weighted by Crippen LogP contribution is 2.23. The lowest BCUT2D eigenvalue weighted by Gasteiger charge is -2.15. The van der Waals surface area contributed by atoms with E-state index in [4.69, 9.17) is 21.4 Å². The molecule has 1 atom stereocenters. The van der Waals surface area contributed by atoms with Gasteiger partial charge in [0, 0.05) is 17.1 Å². The van der Waals surface area contributed by atoms with Crippen LogP contribution in [-0.2, 0) is 4.74 Å². The van der Waals surface area contributed by atoms with Crippen LogP contribution in [0, 0.1) is 0 Å². The molecule has 1 aromatic rings. The van der Waals surface area contributed by atoms with E-state index < -0.39 is 6.04 Å². The minimum atomic E-state index is -0.415. The van der Waals surface area contributed by atoms with Gasteiger partial charge in [-0.25, -0.2) is 0 Å². The van der Waals surface area contributed by atoms with E-state index in [0.29, 0.717) is 15.1 Å². The van der Waals surface area contributed by atoms with Crippen LogP contribution < -0.4 is 5.32 Å². The Kier molecular flexibility index (Phi) is 5.91. The van der Waals surface area contributed by atoms with E-state index in [9.17, 15) is 4.79 Å². The quantitative estimate of drug-likeness (QED) is 0.869. The molecule has 0 aliphatic heterocycles. The van der Waals surface area contributed by atoms with Crippen LogP contribution in [0.5, 0.6) is 0 Å². The lowest BCUT2D eigenvalue weighted by Crippen LogP contribution is -2.40. The van der Waals surface area contributed by atoms with Crippen LogP contribution in [0.1, 0.15) is 10.4 Å². The number of methoxy groups -OCH3 is 1. The topological polar surface area (TPSA) is 58.6 Å². The molecular weight excluding hydrogens is 309 g/mol. The molecule has 4 nitrogen and oxygen atoms in total. The van der Waals surface area contributed by atoms with E-state index in [1.54, 1.807) is 18.2 Å². The summed E-state index contributed by atoms with van der Waals surface area (Å²) in [5.74, 6) is -0.279. The number of halogens is 2. The average Bonchev–Trinajstić information content (AvgIpc) is 2.31. The second-order valence-electron chi connectivity index (χ2n) is 3.44. The molecule has 0 saturated heterocycles. The van der Waals surface area contributed by atoms with Gasteiger partial charge in [0.1, 0.15) is 0 Å². The van der Waals surface area contributed by atoms with Gasteiger partial charge >= 0.3 is 0 Å². The second-order valence-corrected chi connectivity index (χ2v) is 4.70. The molecule has 94 valence electrons. The van der Waals surface area contributed by atoms with Crippen molar-refractivity contribution in [2.45, 2.75) is 6.04 Å². The maximum atomic E-state index is 11.8. The highest BCUT2D eigenvalue weighted by atomic mass is 79.9. The summed E-state index contributed by atoms with van der Waals surface area (Å²) >= 11 is 9.07. The Bertz CT molecular complexity index is 400. The molecule has 0 aliphatic carbocycles. The zero-order valence-corrected chi connectivity index (χ0v) is 11.6. The zero-order valence-electron chi connectivity index (χ0n) is 9.24. The summed E-state index contributed by atoms with van der Waals surface area (Å²) in [5.41, 5.74) is 0.468. The first kappa shape index (κ1) is 14.4. The third-order valence-corrected chi connectivity index (χ3v) is 3.32. The summed E-state index contributed by atoms with van der Waals surface area (Å²) in [5, 5.41) is 12.2. The van der Waals surface area contributed by atoms with Gasteiger partial charge in [-0.15, -0.1) is 0 Å². The average molecular weight is 323 g/mol. The molecule has 0 fully saturated rings. The predicted octanol–water partition coefficient (Wildman–Crippen LogP) is 1.84. The highest BCUT2D eigenvalue weighted by molar-refractivity contribution is 9.10. The Hall–Kier alpha value is -0.620. The summed E-state index contributed by atoms with van der Waals surface area (Å²) in [6, 6.07) is 4.45. The van der Waals surface area contributed by atoms with Crippen molar-refractivity contribution < 1.29 is 14.6 Å². The van der Waals surface area contributed by atoms with E-state index >= 15 is 0 Å². The molecule has 6 heteroatoms. The Morgan fingerprint density at radius 2 is 2.35 bits per heavy atom. The molecule has 17 heavy (non-hydrogen) atoms. The van der Waals surface area contributed by atoms with Crippen molar-refractivity contribution in [1.82, 2.24) is 5.32 Å². The molecule has 0 radical (unpaired) electrons. The number of carbonyl (C=O) groups is 1. The Balaban J connectivity index is 2.72. The third-order valence-electron chi connectivity index (χ3n) is 2.11. The maximum absolute atomic E-state index is 11.8. The van der Waals surface area contributed by atoms with E-state index in [0.717, 1.165) is 0 Å². The smallest absolute Gasteiger partial charge is 0.251 e. The molecule has 0 saturated carbocycles. The third kappa shape index (κ3) is 4.27. The number of ether oxygens (including phenoxy) is 1. The number of benzene rings is 1. The first-order valence-electron chi connectivity index (χ1n) is 4.94. The van der Waals surface area contributed by atoms with Crippen molar-refractivity contribution >= 4 is 33.4 Å². The summed E-state index contributed by atoms with van der Waals surface area (Å²) < 4.78 is 5.52. The lowest BCUT2D eigenvalue weighted by atomic mass is 10.2. The van der Waals surface area contributed by atoms with E-state index in [2.05, 4.69) is 21.2 Å². The van der Waals surface area contributed by atoms with Crippen molar-refractivity contribution in [3.8, 4) is 0 Å². The first-order valence-corrected chi connectivity index (χ1v) is 6.11. The lowest BCUT2D eigenvalue weighted by molar-refractivity contribution is 0.0839. The van der Waals surface area contributed by atoms with Gasteiger partial charge in [0.15, 0.2) is 0 Å². The van der Waals surface area contributed by atoms with E-state index in [1.807, 2.05) is 0 Å². The van der Waals surface area contributed by atoms with Crippen LogP contribution in [0.15, 0.2) is 22.7 Å². The molecule has 1 amide bonds. The van der Waals surface area contributed by atoms with Crippen molar-refractivity contribution in [3.63, 3.8) is 0 Å². The standard InChI is InChI=1S/C11H13BrClNO3/c1-17-6-8(5-15)14-11(16)7-2-3-10(13)9(12)4-7/h2-4,8,15H,5-6H2,1H3,(H,14,16). The molecule has 1 aromatic carbocycles. The van der Waals surface area contributed by atoms with Gasteiger partial charge in [-0.05, 0) is 34.1 Å². The summed E-state index contributed by atoms with van der Waals surface area (Å²) in [6.45, 7) is 0.0886. The van der Waals surface area contributed by atoms with Gasteiger partial charge in [0.2, 0.25) is 0 Å². The fourth-order valence-electron chi connectivity index (χ4n) is 1.25. The fourth-order valence-corrected chi connectivity index (χ4v) is 1.74. The van der Waals surface area contributed by atoms with Gasteiger partial charge in [-0.3, -0.25) is 4.79 Å². The maximum Gasteiger partial charge on any atom is 0.251 e. The number of aliphatic hydroxyl groups is 1. The monoisotopic (exact) mass is 321 g/mol. The molecule has 2 N–H and O–H groups in total. The van der Waals surface area contributed by atoms with Gasteiger partial charge in [-0.1, -0.05) is 11.6 Å². The summed E-state index contributed by atoms with van der Waals surface area (Å²) in [4.78, 5) is 11.8. The minimum Gasteiger partial charge on any atom is -0.394 e. The van der Waals surface area contributed by atoms with E-state index in [1.165, 1.54) is 7.11 Å². The van der Waals surface area contributed by atoms with Crippen molar-refractivity contribution in [2.75, 3.05) is 20.3 Å². The van der Waals surface area contributed by atoms with Crippen LogP contribution >= 0.6 is 27.5 Å². The minimum absolute atomic E-state index is 0.172. The van der Waals surface area contributed by atoms with Gasteiger partial charge in [0.05, 0.1) is 24.3 Å². The number of aliphatic hydroxyl groups excluding tert-OH is 1. The van der Waals surface area contributed by atoms with Crippen LogP contribution in [0.4, 0.5) is 0 Å². The fraction of sp³-hybridized carbons (Fsp3) is 0.364. The Morgan fingerprint density at radius 1 is 1.65 bits per heavy atom. The number of amides is 1.